The van der Waals surface area contributed by atoms with E-state index in [1.807, 2.05) is 18.2 Å². The molecule has 0 atom stereocenters. The SMILES string of the molecule is Clc1cnc2c(c1Nc1ccnc3cc(OCCCN4CCOCC4)cc(OC4CCOCC4)c13)OCO2. The number of halogens is 1. The molecular weight excluding hydrogens is 512 g/mol. The average molecular weight is 543 g/mol. The number of morpholine rings is 1. The Morgan fingerprint density at radius 1 is 1.05 bits per heavy atom. The van der Waals surface area contributed by atoms with E-state index >= 15 is 0 Å². The highest BCUT2D eigenvalue weighted by Crippen LogP contribution is 2.45. The molecule has 2 saturated heterocycles. The number of nitrogens with one attached hydrogen (secondary N) is 1. The summed E-state index contributed by atoms with van der Waals surface area (Å²) >= 11 is 6.50. The van der Waals surface area contributed by atoms with Gasteiger partial charge in [0.15, 0.2) is 0 Å². The van der Waals surface area contributed by atoms with Crippen molar-refractivity contribution < 1.29 is 28.4 Å². The van der Waals surface area contributed by atoms with E-state index in [4.69, 9.17) is 40.0 Å². The summed E-state index contributed by atoms with van der Waals surface area (Å²) in [7, 11) is 0. The van der Waals surface area contributed by atoms with Gasteiger partial charge in [-0.1, -0.05) is 11.6 Å². The highest BCUT2D eigenvalue weighted by Gasteiger charge is 2.24. The molecule has 0 unspecified atom stereocenters. The van der Waals surface area contributed by atoms with Crippen molar-refractivity contribution in [3.8, 4) is 23.1 Å². The summed E-state index contributed by atoms with van der Waals surface area (Å²) in [6.07, 6.45) is 5.91. The highest BCUT2D eigenvalue weighted by atomic mass is 35.5. The summed E-state index contributed by atoms with van der Waals surface area (Å²) in [5.41, 5.74) is 2.12. The fourth-order valence-corrected chi connectivity index (χ4v) is 5.05. The zero-order valence-electron chi connectivity index (χ0n) is 21.1. The molecule has 0 radical (unpaired) electrons. The van der Waals surface area contributed by atoms with Crippen LogP contribution >= 0.6 is 11.6 Å². The smallest absolute Gasteiger partial charge is 0.262 e. The van der Waals surface area contributed by atoms with Crippen LogP contribution in [0.2, 0.25) is 5.02 Å². The number of hydrogen-bond acceptors (Lipinski definition) is 10. The fraction of sp³-hybridized carbons (Fsp3) is 0.481. The van der Waals surface area contributed by atoms with Crippen molar-refractivity contribution in [1.82, 2.24) is 14.9 Å². The van der Waals surface area contributed by atoms with E-state index in [9.17, 15) is 0 Å². The molecule has 6 rings (SSSR count). The molecule has 3 aliphatic rings. The van der Waals surface area contributed by atoms with Crippen LogP contribution < -0.4 is 24.3 Å². The Morgan fingerprint density at radius 2 is 1.89 bits per heavy atom. The number of anilines is 2. The molecule has 0 saturated carbocycles. The molecule has 3 aromatic rings. The third-order valence-corrected chi connectivity index (χ3v) is 7.13. The highest BCUT2D eigenvalue weighted by molar-refractivity contribution is 6.33. The summed E-state index contributed by atoms with van der Waals surface area (Å²) in [5, 5.41) is 4.68. The number of nitrogens with zero attached hydrogens (tertiary/aromatic N) is 3. The maximum Gasteiger partial charge on any atom is 0.262 e. The normalized spacial score (nSPS) is 18.0. The zero-order valence-corrected chi connectivity index (χ0v) is 21.9. The Kier molecular flexibility index (Phi) is 7.82. The third-order valence-electron chi connectivity index (χ3n) is 6.85. The van der Waals surface area contributed by atoms with Crippen LogP contribution in [0.15, 0.2) is 30.6 Å². The number of hydrogen-bond donors (Lipinski definition) is 1. The predicted molar refractivity (Wildman–Crippen MR) is 142 cm³/mol. The van der Waals surface area contributed by atoms with E-state index in [1.54, 1.807) is 12.4 Å². The van der Waals surface area contributed by atoms with Gasteiger partial charge >= 0.3 is 0 Å². The van der Waals surface area contributed by atoms with Crippen LogP contribution in [-0.4, -0.2) is 80.4 Å². The largest absolute Gasteiger partial charge is 0.493 e. The molecule has 0 aliphatic carbocycles. The third kappa shape index (κ3) is 5.68. The van der Waals surface area contributed by atoms with Gasteiger partial charge in [0.2, 0.25) is 12.5 Å². The van der Waals surface area contributed by atoms with Crippen LogP contribution in [0.5, 0.6) is 23.1 Å². The minimum absolute atomic E-state index is 0.0436. The molecule has 5 heterocycles. The van der Waals surface area contributed by atoms with Crippen molar-refractivity contribution in [2.24, 2.45) is 0 Å². The number of rotatable bonds is 9. The number of aromatic nitrogens is 2. The second kappa shape index (κ2) is 11.8. The lowest BCUT2D eigenvalue weighted by Gasteiger charge is -2.26. The van der Waals surface area contributed by atoms with Crippen molar-refractivity contribution in [2.75, 3.05) is 64.8 Å². The van der Waals surface area contributed by atoms with Gasteiger partial charge in [-0.2, -0.15) is 0 Å². The Hall–Kier alpha value is -3.05. The molecule has 0 bridgehead atoms. The molecule has 3 aliphatic heterocycles. The first-order valence-corrected chi connectivity index (χ1v) is 13.4. The molecular formula is C27H31ClN4O6. The van der Waals surface area contributed by atoms with Crippen LogP contribution in [0.25, 0.3) is 10.9 Å². The average Bonchev–Trinajstić information content (AvgIpc) is 3.43. The molecule has 1 N–H and O–H groups in total. The lowest BCUT2D eigenvalue weighted by molar-refractivity contribution is 0.0261. The lowest BCUT2D eigenvalue weighted by atomic mass is 10.1. The van der Waals surface area contributed by atoms with Crippen LogP contribution in [0.4, 0.5) is 11.4 Å². The van der Waals surface area contributed by atoms with E-state index in [2.05, 4.69) is 20.2 Å². The van der Waals surface area contributed by atoms with Crippen LogP contribution in [-0.2, 0) is 9.47 Å². The Bertz CT molecular complexity index is 1270. The molecule has 0 amide bonds. The van der Waals surface area contributed by atoms with E-state index in [0.29, 0.717) is 47.9 Å². The van der Waals surface area contributed by atoms with Crippen molar-refractivity contribution in [3.05, 3.63) is 35.6 Å². The summed E-state index contributed by atoms with van der Waals surface area (Å²) < 4.78 is 34.8. The van der Waals surface area contributed by atoms with Crippen molar-refractivity contribution in [2.45, 2.75) is 25.4 Å². The number of fused-ring (bicyclic) bond motifs is 2. The van der Waals surface area contributed by atoms with Gasteiger partial charge in [0.1, 0.15) is 23.3 Å². The summed E-state index contributed by atoms with van der Waals surface area (Å²) in [6.45, 7) is 6.59. The zero-order chi connectivity index (χ0) is 25.7. The Morgan fingerprint density at radius 3 is 2.76 bits per heavy atom. The molecule has 0 spiro atoms. The summed E-state index contributed by atoms with van der Waals surface area (Å²) in [5.74, 6) is 2.31. The van der Waals surface area contributed by atoms with Gasteiger partial charge in [0.25, 0.3) is 5.88 Å². The second-order valence-corrected chi connectivity index (χ2v) is 9.81. The first-order valence-electron chi connectivity index (χ1n) is 13.1. The van der Waals surface area contributed by atoms with Gasteiger partial charge < -0.3 is 33.7 Å². The van der Waals surface area contributed by atoms with E-state index < -0.39 is 0 Å². The molecule has 11 heteroatoms. The Balaban J connectivity index is 1.27. The molecule has 10 nitrogen and oxygen atoms in total. The number of benzene rings is 1. The molecule has 38 heavy (non-hydrogen) atoms. The van der Waals surface area contributed by atoms with Gasteiger partial charge in [0, 0.05) is 50.8 Å². The maximum absolute atomic E-state index is 6.55. The monoisotopic (exact) mass is 542 g/mol. The van der Waals surface area contributed by atoms with Gasteiger partial charge in [0.05, 0.1) is 60.8 Å². The van der Waals surface area contributed by atoms with Crippen molar-refractivity contribution in [3.63, 3.8) is 0 Å². The van der Waals surface area contributed by atoms with Crippen LogP contribution in [0.3, 0.4) is 0 Å². The number of ether oxygens (including phenoxy) is 6. The van der Waals surface area contributed by atoms with Gasteiger partial charge in [-0.3, -0.25) is 9.88 Å². The maximum atomic E-state index is 6.55. The van der Waals surface area contributed by atoms with E-state index in [-0.39, 0.29) is 12.9 Å². The van der Waals surface area contributed by atoms with Gasteiger partial charge in [-0.15, -0.1) is 0 Å². The van der Waals surface area contributed by atoms with Crippen molar-refractivity contribution in [1.29, 1.82) is 0 Å². The van der Waals surface area contributed by atoms with Gasteiger partial charge in [-0.05, 0) is 12.5 Å². The minimum atomic E-state index is 0.0436. The molecule has 202 valence electrons. The van der Waals surface area contributed by atoms with E-state index in [1.165, 1.54) is 0 Å². The first kappa shape index (κ1) is 25.2. The molecule has 2 aromatic heterocycles. The minimum Gasteiger partial charge on any atom is -0.493 e. The molecule has 1 aromatic carbocycles. The van der Waals surface area contributed by atoms with Crippen molar-refractivity contribution >= 4 is 33.9 Å². The molecule has 2 fully saturated rings. The summed E-state index contributed by atoms with van der Waals surface area (Å²) in [4.78, 5) is 11.3. The topological polar surface area (TPSA) is 96.4 Å². The Labute approximate surface area is 226 Å². The predicted octanol–water partition coefficient (Wildman–Crippen LogP) is 4.41. The quantitative estimate of drug-likeness (QED) is 0.391. The van der Waals surface area contributed by atoms with E-state index in [0.717, 1.165) is 74.5 Å². The van der Waals surface area contributed by atoms with Crippen LogP contribution in [0, 0.1) is 0 Å². The summed E-state index contributed by atoms with van der Waals surface area (Å²) in [6, 6.07) is 5.79. The van der Waals surface area contributed by atoms with Gasteiger partial charge in [-0.25, -0.2) is 4.98 Å². The lowest BCUT2D eigenvalue weighted by Crippen LogP contribution is -2.37. The standard InChI is InChI=1S/C27H31ClN4O6/c28-20-16-30-27-26(36-17-37-27)25(20)31-21-2-5-29-22-14-19(35-9-1-6-32-7-12-34-13-8-32)15-23(24(21)22)38-18-3-10-33-11-4-18/h2,5,14-16,18H,1,3-4,6-13,17H2,(H,29,30,31). The number of pyridine rings is 2. The second-order valence-electron chi connectivity index (χ2n) is 9.41. The van der Waals surface area contributed by atoms with Crippen LogP contribution in [0.1, 0.15) is 19.3 Å². The fourth-order valence-electron chi connectivity index (χ4n) is 4.87. The first-order chi connectivity index (χ1) is 18.7.